The molecule has 1 unspecified atom stereocenters. The third-order valence-corrected chi connectivity index (χ3v) is 5.45. The van der Waals surface area contributed by atoms with Crippen LogP contribution in [0.25, 0.3) is 0 Å². The van der Waals surface area contributed by atoms with Gasteiger partial charge in [0.2, 0.25) is 5.91 Å². The second-order valence-electron chi connectivity index (χ2n) is 6.44. The minimum absolute atomic E-state index is 0.146. The van der Waals surface area contributed by atoms with Crippen LogP contribution in [0.3, 0.4) is 0 Å². The monoisotopic (exact) mass is 443 g/mol. The maximum absolute atomic E-state index is 12.3. The smallest absolute Gasteiger partial charge is 0.234 e. The van der Waals surface area contributed by atoms with Crippen molar-refractivity contribution in [3.8, 4) is 5.75 Å². The molecule has 30 heavy (non-hydrogen) atoms. The summed E-state index contributed by atoms with van der Waals surface area (Å²) >= 11 is 7.26. The lowest BCUT2D eigenvalue weighted by Crippen LogP contribution is -2.16. The lowest BCUT2D eigenvalue weighted by Gasteiger charge is -2.17. The van der Waals surface area contributed by atoms with E-state index in [2.05, 4.69) is 27.1 Å². The molecule has 7 nitrogen and oxygen atoms in total. The number of nitrogens with zero attached hydrogens (tertiary/aromatic N) is 4. The minimum Gasteiger partial charge on any atom is -0.482 e. The first kappa shape index (κ1) is 21.9. The van der Waals surface area contributed by atoms with Crippen molar-refractivity contribution in [1.82, 2.24) is 19.7 Å². The van der Waals surface area contributed by atoms with Crippen LogP contribution in [0.2, 0.25) is 5.15 Å². The molecule has 1 atom stereocenters. The van der Waals surface area contributed by atoms with Crippen molar-refractivity contribution in [2.75, 3.05) is 11.1 Å². The number of pyridine rings is 1. The zero-order valence-electron chi connectivity index (χ0n) is 16.7. The third kappa shape index (κ3) is 5.40. The number of hydrogen-bond donors (Lipinski definition) is 1. The quantitative estimate of drug-likeness (QED) is 0.293. The molecule has 0 saturated carbocycles. The van der Waals surface area contributed by atoms with Gasteiger partial charge in [-0.15, -0.1) is 16.8 Å². The number of benzene rings is 1. The molecular formula is C21H22ClN5O2S. The molecule has 1 aromatic carbocycles. The molecule has 156 valence electrons. The highest BCUT2D eigenvalue weighted by molar-refractivity contribution is 7.99. The summed E-state index contributed by atoms with van der Waals surface area (Å²) in [6, 6.07) is 11.2. The van der Waals surface area contributed by atoms with Crippen LogP contribution in [-0.2, 0) is 11.3 Å². The average molecular weight is 444 g/mol. The molecule has 0 saturated heterocycles. The molecule has 0 fully saturated rings. The highest BCUT2D eigenvalue weighted by Gasteiger charge is 2.20. The predicted molar refractivity (Wildman–Crippen MR) is 119 cm³/mol. The van der Waals surface area contributed by atoms with E-state index < -0.39 is 0 Å². The molecule has 0 aliphatic carbocycles. The van der Waals surface area contributed by atoms with Gasteiger partial charge >= 0.3 is 0 Å². The molecule has 0 aliphatic heterocycles. The maximum atomic E-state index is 12.3. The Bertz CT molecular complexity index is 1040. The number of aromatic nitrogens is 4. The molecule has 9 heteroatoms. The molecule has 3 aromatic rings. The first-order chi connectivity index (χ1) is 14.5. The molecule has 3 rings (SSSR count). The summed E-state index contributed by atoms with van der Waals surface area (Å²) in [5, 5.41) is 12.1. The largest absolute Gasteiger partial charge is 0.482 e. The Morgan fingerprint density at radius 2 is 2.13 bits per heavy atom. The number of nitrogens with one attached hydrogen (secondary N) is 1. The molecule has 2 heterocycles. The Hall–Kier alpha value is -2.84. The number of amides is 1. The van der Waals surface area contributed by atoms with Crippen LogP contribution < -0.4 is 10.1 Å². The Balaban J connectivity index is 1.69. The van der Waals surface area contributed by atoms with E-state index in [1.54, 1.807) is 24.4 Å². The number of aryl methyl sites for hydroxylation is 1. The van der Waals surface area contributed by atoms with Crippen LogP contribution in [0, 0.1) is 6.92 Å². The van der Waals surface area contributed by atoms with Gasteiger partial charge in [0.15, 0.2) is 22.2 Å². The molecule has 1 N–H and O–H groups in total. The highest BCUT2D eigenvalue weighted by atomic mass is 35.5. The zero-order valence-corrected chi connectivity index (χ0v) is 18.3. The number of para-hydroxylation sites is 1. The van der Waals surface area contributed by atoms with E-state index in [9.17, 15) is 4.79 Å². The first-order valence-electron chi connectivity index (χ1n) is 9.29. The van der Waals surface area contributed by atoms with Crippen LogP contribution in [-0.4, -0.2) is 31.4 Å². The lowest BCUT2D eigenvalue weighted by atomic mass is 10.2. The summed E-state index contributed by atoms with van der Waals surface area (Å²) in [6.45, 7) is 8.22. The summed E-state index contributed by atoms with van der Waals surface area (Å²) in [5.41, 5.74) is 1.51. The Morgan fingerprint density at radius 3 is 2.87 bits per heavy atom. The summed E-state index contributed by atoms with van der Waals surface area (Å²) in [7, 11) is 0. The SMILES string of the molecule is C=CCn1c(SCC(=O)Nc2cccnc2Cl)nnc1C(C)Oc1ccccc1C. The fourth-order valence-corrected chi connectivity index (χ4v) is 3.66. The van der Waals surface area contributed by atoms with Crippen LogP contribution in [0.4, 0.5) is 5.69 Å². The lowest BCUT2D eigenvalue weighted by molar-refractivity contribution is -0.113. The van der Waals surface area contributed by atoms with Crippen LogP contribution in [0.1, 0.15) is 24.4 Å². The van der Waals surface area contributed by atoms with Crippen molar-refractivity contribution in [2.24, 2.45) is 0 Å². The fraction of sp³-hybridized carbons (Fsp3) is 0.238. The van der Waals surface area contributed by atoms with Crippen molar-refractivity contribution >= 4 is 35.0 Å². The van der Waals surface area contributed by atoms with Crippen LogP contribution in [0.15, 0.2) is 60.4 Å². The number of thioether (sulfide) groups is 1. The highest BCUT2D eigenvalue weighted by Crippen LogP contribution is 2.27. The number of rotatable bonds is 9. The van der Waals surface area contributed by atoms with Gasteiger partial charge in [-0.3, -0.25) is 9.36 Å². The summed E-state index contributed by atoms with van der Waals surface area (Å²) in [6.07, 6.45) is 3.00. The topological polar surface area (TPSA) is 81.9 Å². The van der Waals surface area contributed by atoms with Gasteiger partial charge in [0.05, 0.1) is 11.4 Å². The van der Waals surface area contributed by atoms with Gasteiger partial charge in [-0.05, 0) is 37.6 Å². The normalized spacial score (nSPS) is 11.7. The van der Waals surface area contributed by atoms with Gasteiger partial charge in [0, 0.05) is 12.7 Å². The number of anilines is 1. The van der Waals surface area contributed by atoms with Gasteiger partial charge < -0.3 is 10.1 Å². The van der Waals surface area contributed by atoms with Gasteiger partial charge in [0.1, 0.15) is 5.75 Å². The second kappa shape index (κ2) is 10.3. The van der Waals surface area contributed by atoms with E-state index in [0.29, 0.717) is 23.2 Å². The molecule has 1 amide bonds. The van der Waals surface area contributed by atoms with Crippen molar-refractivity contribution in [3.63, 3.8) is 0 Å². The summed E-state index contributed by atoms with van der Waals surface area (Å²) < 4.78 is 7.98. The van der Waals surface area contributed by atoms with Gasteiger partial charge in [-0.1, -0.05) is 47.6 Å². The third-order valence-electron chi connectivity index (χ3n) is 4.18. The van der Waals surface area contributed by atoms with Crippen molar-refractivity contribution < 1.29 is 9.53 Å². The standard InChI is InChI=1S/C21H22ClN5O2S/c1-4-12-27-20(15(3)29-17-10-6-5-8-14(17)2)25-26-21(27)30-13-18(28)24-16-9-7-11-23-19(16)22/h4-11,15H,1,12-13H2,2-3H3,(H,24,28). The Labute approximate surface area is 184 Å². The predicted octanol–water partition coefficient (Wildman–Crippen LogP) is 4.69. The average Bonchev–Trinajstić information content (AvgIpc) is 3.13. The molecule has 0 spiro atoms. The molecule has 0 bridgehead atoms. The number of carbonyl (C=O) groups excluding carboxylic acids is 1. The molecular weight excluding hydrogens is 422 g/mol. The van der Waals surface area contributed by atoms with Crippen LogP contribution in [0.5, 0.6) is 5.75 Å². The zero-order chi connectivity index (χ0) is 21.5. The van der Waals surface area contributed by atoms with Gasteiger partial charge in [-0.2, -0.15) is 0 Å². The number of ether oxygens (including phenoxy) is 1. The number of halogens is 1. The van der Waals surface area contributed by atoms with Crippen molar-refractivity contribution in [2.45, 2.75) is 31.7 Å². The first-order valence-corrected chi connectivity index (χ1v) is 10.7. The van der Waals surface area contributed by atoms with E-state index in [0.717, 1.165) is 11.3 Å². The van der Waals surface area contributed by atoms with Gasteiger partial charge in [-0.25, -0.2) is 4.98 Å². The molecule has 0 aliphatic rings. The van der Waals surface area contributed by atoms with E-state index in [4.69, 9.17) is 16.3 Å². The molecule has 0 radical (unpaired) electrons. The van der Waals surface area contributed by atoms with Crippen LogP contribution >= 0.6 is 23.4 Å². The van der Waals surface area contributed by atoms with Crippen molar-refractivity contribution in [1.29, 1.82) is 0 Å². The van der Waals surface area contributed by atoms with E-state index in [1.165, 1.54) is 11.8 Å². The summed E-state index contributed by atoms with van der Waals surface area (Å²) in [4.78, 5) is 16.3. The van der Waals surface area contributed by atoms with Gasteiger partial charge in [0.25, 0.3) is 0 Å². The summed E-state index contributed by atoms with van der Waals surface area (Å²) in [5.74, 6) is 1.39. The second-order valence-corrected chi connectivity index (χ2v) is 7.74. The number of allylic oxidation sites excluding steroid dienone is 1. The fourth-order valence-electron chi connectivity index (χ4n) is 2.74. The number of carbonyl (C=O) groups is 1. The van der Waals surface area contributed by atoms with E-state index in [1.807, 2.05) is 42.7 Å². The van der Waals surface area contributed by atoms with E-state index in [-0.39, 0.29) is 22.9 Å². The Morgan fingerprint density at radius 1 is 1.33 bits per heavy atom. The van der Waals surface area contributed by atoms with Crippen molar-refractivity contribution in [3.05, 3.63) is 71.8 Å². The van der Waals surface area contributed by atoms with E-state index >= 15 is 0 Å². The Kier molecular flexibility index (Phi) is 7.48. The number of hydrogen-bond acceptors (Lipinski definition) is 6. The maximum Gasteiger partial charge on any atom is 0.234 e. The molecule has 2 aromatic heterocycles. The minimum atomic E-state index is -0.323.